The van der Waals surface area contributed by atoms with Gasteiger partial charge in [-0.15, -0.1) is 0 Å². The molecule has 1 amide bonds. The summed E-state index contributed by atoms with van der Waals surface area (Å²) in [5.74, 6) is 0.0473. The van der Waals surface area contributed by atoms with Gasteiger partial charge in [0.05, 0.1) is 11.4 Å². The Bertz CT molecular complexity index is 354. The van der Waals surface area contributed by atoms with E-state index in [0.29, 0.717) is 11.4 Å². The highest BCUT2D eigenvalue weighted by molar-refractivity contribution is 9.10. The maximum atomic E-state index is 11.4. The molecule has 0 radical (unpaired) electrons. The molecule has 1 rings (SSSR count). The first kappa shape index (κ1) is 12.5. The maximum absolute atomic E-state index is 11.4. The van der Waals surface area contributed by atoms with Gasteiger partial charge in [0.25, 0.3) is 0 Å². The molecule has 0 aromatic heterocycles. The molecule has 0 heterocycles. The lowest BCUT2D eigenvalue weighted by molar-refractivity contribution is -0.120. The third-order valence-electron chi connectivity index (χ3n) is 1.92. The molecule has 15 heavy (non-hydrogen) atoms. The molecule has 0 saturated carbocycles. The van der Waals surface area contributed by atoms with Gasteiger partial charge in [-0.1, -0.05) is 24.6 Å². The van der Waals surface area contributed by atoms with Crippen molar-refractivity contribution in [3.63, 3.8) is 0 Å². The summed E-state index contributed by atoms with van der Waals surface area (Å²) in [6, 6.07) is 5.51. The van der Waals surface area contributed by atoms with Crippen molar-refractivity contribution < 1.29 is 4.79 Å². The number of carbonyl (C=O) groups is 1. The van der Waals surface area contributed by atoms with Crippen LogP contribution in [0.25, 0.3) is 0 Å². The number of benzene rings is 1. The number of halogens is 2. The van der Waals surface area contributed by atoms with E-state index in [2.05, 4.69) is 21.2 Å². The first-order chi connectivity index (χ1) is 7.13. The lowest BCUT2D eigenvalue weighted by atomic mass is 10.1. The molecule has 0 aliphatic rings. The molecule has 0 fully saturated rings. The van der Waals surface area contributed by atoms with Gasteiger partial charge in [0, 0.05) is 11.0 Å². The Morgan fingerprint density at radius 2 is 2.27 bits per heavy atom. The van der Waals surface area contributed by atoms with Gasteiger partial charge in [0.1, 0.15) is 0 Å². The third-order valence-corrected chi connectivity index (χ3v) is 3.13. The lowest BCUT2D eigenvalue weighted by Gasteiger charge is -2.04. The van der Waals surface area contributed by atoms with E-state index in [1.807, 2.05) is 19.1 Å². The fraction of sp³-hybridized carbons (Fsp3) is 0.364. The first-order valence-corrected chi connectivity index (χ1v) is 6.01. The Hall–Kier alpha value is -0.540. The van der Waals surface area contributed by atoms with E-state index >= 15 is 0 Å². The van der Waals surface area contributed by atoms with Crippen molar-refractivity contribution in [3.8, 4) is 0 Å². The van der Waals surface area contributed by atoms with Crippen LogP contribution >= 0.6 is 27.5 Å². The van der Waals surface area contributed by atoms with Crippen LogP contribution in [-0.2, 0) is 11.2 Å². The third kappa shape index (κ3) is 4.22. The second-order valence-electron chi connectivity index (χ2n) is 3.28. The average molecular weight is 291 g/mol. The monoisotopic (exact) mass is 289 g/mol. The van der Waals surface area contributed by atoms with E-state index < -0.39 is 0 Å². The zero-order valence-corrected chi connectivity index (χ0v) is 10.9. The van der Waals surface area contributed by atoms with Gasteiger partial charge in [-0.05, 0) is 40.0 Å². The number of hydrogen-bond acceptors (Lipinski definition) is 1. The Morgan fingerprint density at radius 1 is 1.53 bits per heavy atom. The van der Waals surface area contributed by atoms with Crippen molar-refractivity contribution in [2.75, 3.05) is 6.54 Å². The molecular weight excluding hydrogens is 277 g/mol. The average Bonchev–Trinajstić information content (AvgIpc) is 2.20. The zero-order valence-electron chi connectivity index (χ0n) is 8.52. The summed E-state index contributed by atoms with van der Waals surface area (Å²) in [6.07, 6.45) is 1.35. The molecule has 0 aliphatic carbocycles. The van der Waals surface area contributed by atoms with Gasteiger partial charge in [0.15, 0.2) is 0 Å². The maximum Gasteiger partial charge on any atom is 0.224 e. The Labute approximate surface area is 103 Å². The van der Waals surface area contributed by atoms with Crippen LogP contribution in [0.2, 0.25) is 5.02 Å². The Morgan fingerprint density at radius 3 is 2.87 bits per heavy atom. The fourth-order valence-corrected chi connectivity index (χ4v) is 1.71. The number of rotatable bonds is 4. The highest BCUT2D eigenvalue weighted by atomic mass is 79.9. The molecule has 0 unspecified atom stereocenters. The zero-order chi connectivity index (χ0) is 11.3. The van der Waals surface area contributed by atoms with E-state index in [1.54, 1.807) is 6.07 Å². The summed E-state index contributed by atoms with van der Waals surface area (Å²) in [4.78, 5) is 11.4. The quantitative estimate of drug-likeness (QED) is 0.907. The van der Waals surface area contributed by atoms with Crippen molar-refractivity contribution in [1.82, 2.24) is 5.32 Å². The fourth-order valence-electron chi connectivity index (χ4n) is 1.16. The van der Waals surface area contributed by atoms with E-state index in [9.17, 15) is 4.79 Å². The molecular formula is C11H13BrClNO. The van der Waals surface area contributed by atoms with Crippen LogP contribution in [0.4, 0.5) is 0 Å². The van der Waals surface area contributed by atoms with Crippen molar-refractivity contribution in [2.24, 2.45) is 0 Å². The molecule has 2 nitrogen and oxygen atoms in total. The Balaban J connectivity index is 2.57. The molecule has 4 heteroatoms. The van der Waals surface area contributed by atoms with Gasteiger partial charge < -0.3 is 5.32 Å². The molecule has 0 aliphatic heterocycles. The van der Waals surface area contributed by atoms with Crippen LogP contribution in [0.5, 0.6) is 0 Å². The molecule has 0 bridgehead atoms. The van der Waals surface area contributed by atoms with E-state index in [-0.39, 0.29) is 5.91 Å². The molecule has 0 spiro atoms. The topological polar surface area (TPSA) is 29.1 Å². The SMILES string of the molecule is CCCNC(=O)Cc1ccc(Cl)c(Br)c1. The standard InChI is InChI=1S/C11H13BrClNO/c1-2-5-14-11(15)7-8-3-4-10(13)9(12)6-8/h3-4,6H,2,5,7H2,1H3,(H,14,15). The second kappa shape index (κ2) is 6.13. The van der Waals surface area contributed by atoms with E-state index in [1.165, 1.54) is 0 Å². The number of hydrogen-bond donors (Lipinski definition) is 1. The summed E-state index contributed by atoms with van der Waals surface area (Å²) < 4.78 is 0.824. The van der Waals surface area contributed by atoms with E-state index in [0.717, 1.165) is 23.0 Å². The van der Waals surface area contributed by atoms with Crippen molar-refractivity contribution in [1.29, 1.82) is 0 Å². The normalized spacial score (nSPS) is 10.1. The predicted octanol–water partition coefficient (Wildman–Crippen LogP) is 3.17. The van der Waals surface area contributed by atoms with Crippen LogP contribution in [0.15, 0.2) is 22.7 Å². The minimum absolute atomic E-state index is 0.0473. The minimum Gasteiger partial charge on any atom is -0.356 e. The lowest BCUT2D eigenvalue weighted by Crippen LogP contribution is -2.25. The highest BCUT2D eigenvalue weighted by Crippen LogP contribution is 2.23. The van der Waals surface area contributed by atoms with Gasteiger partial charge >= 0.3 is 0 Å². The van der Waals surface area contributed by atoms with Gasteiger partial charge in [-0.2, -0.15) is 0 Å². The molecule has 1 aromatic rings. The van der Waals surface area contributed by atoms with Crippen LogP contribution in [0, 0.1) is 0 Å². The van der Waals surface area contributed by atoms with Gasteiger partial charge in [-0.25, -0.2) is 0 Å². The predicted molar refractivity (Wildman–Crippen MR) is 66.2 cm³/mol. The van der Waals surface area contributed by atoms with Crippen molar-refractivity contribution in [3.05, 3.63) is 33.3 Å². The van der Waals surface area contributed by atoms with Crippen LogP contribution < -0.4 is 5.32 Å². The highest BCUT2D eigenvalue weighted by Gasteiger charge is 2.04. The van der Waals surface area contributed by atoms with Crippen LogP contribution in [0.3, 0.4) is 0 Å². The molecule has 1 N–H and O–H groups in total. The summed E-state index contributed by atoms with van der Waals surface area (Å²) >= 11 is 9.18. The number of amides is 1. The molecule has 1 aromatic carbocycles. The molecule has 0 atom stereocenters. The number of carbonyl (C=O) groups excluding carboxylic acids is 1. The summed E-state index contributed by atoms with van der Waals surface area (Å²) in [7, 11) is 0. The van der Waals surface area contributed by atoms with Crippen molar-refractivity contribution >= 4 is 33.4 Å². The summed E-state index contributed by atoms with van der Waals surface area (Å²) in [6.45, 7) is 2.76. The Kier molecular flexibility index (Phi) is 5.12. The minimum atomic E-state index is 0.0473. The summed E-state index contributed by atoms with van der Waals surface area (Å²) in [5, 5.41) is 3.49. The molecule has 82 valence electrons. The number of nitrogens with one attached hydrogen (secondary N) is 1. The largest absolute Gasteiger partial charge is 0.356 e. The summed E-state index contributed by atoms with van der Waals surface area (Å²) in [5.41, 5.74) is 0.958. The van der Waals surface area contributed by atoms with Crippen molar-refractivity contribution in [2.45, 2.75) is 19.8 Å². The van der Waals surface area contributed by atoms with E-state index in [4.69, 9.17) is 11.6 Å². The first-order valence-electron chi connectivity index (χ1n) is 4.84. The van der Waals surface area contributed by atoms with Crippen LogP contribution in [-0.4, -0.2) is 12.5 Å². The van der Waals surface area contributed by atoms with Gasteiger partial charge in [-0.3, -0.25) is 4.79 Å². The smallest absolute Gasteiger partial charge is 0.224 e. The van der Waals surface area contributed by atoms with Crippen LogP contribution in [0.1, 0.15) is 18.9 Å². The van der Waals surface area contributed by atoms with Gasteiger partial charge in [0.2, 0.25) is 5.91 Å². The molecule has 0 saturated heterocycles. The second-order valence-corrected chi connectivity index (χ2v) is 4.54.